The van der Waals surface area contributed by atoms with E-state index >= 15 is 0 Å². The number of nitrogens with one attached hydrogen (secondary N) is 4. The molecule has 1 fully saturated rings. The second-order valence-electron chi connectivity index (χ2n) is 5.21. The lowest BCUT2D eigenvalue weighted by Gasteiger charge is -2.29. The molecule has 1 aromatic carbocycles. The molecule has 134 valence electrons. The molecule has 0 unspecified atom stereocenters. The van der Waals surface area contributed by atoms with Gasteiger partial charge in [0.05, 0.1) is 10.6 Å². The Morgan fingerprint density at radius 2 is 1.75 bits per heavy atom. The van der Waals surface area contributed by atoms with E-state index < -0.39 is 16.8 Å². The van der Waals surface area contributed by atoms with Crippen LogP contribution < -0.4 is 10.6 Å². The molecule has 0 bridgehead atoms. The molecule has 0 spiro atoms. The Labute approximate surface area is 149 Å². The van der Waals surface area contributed by atoms with Gasteiger partial charge in [-0.2, -0.15) is 13.2 Å². The van der Waals surface area contributed by atoms with Gasteiger partial charge in [0.2, 0.25) is 0 Å². The molecule has 5 nitrogen and oxygen atoms in total. The summed E-state index contributed by atoms with van der Waals surface area (Å²) < 4.78 is 38.4. The molecule has 2 rings (SSSR count). The highest BCUT2D eigenvalue weighted by molar-refractivity contribution is 6.31. The van der Waals surface area contributed by atoms with E-state index in [1.807, 2.05) is 0 Å². The number of benzene rings is 1. The van der Waals surface area contributed by atoms with Gasteiger partial charge in [-0.25, -0.2) is 0 Å². The summed E-state index contributed by atoms with van der Waals surface area (Å²) >= 11 is 5.55. The van der Waals surface area contributed by atoms with Crippen molar-refractivity contribution < 1.29 is 13.2 Å². The van der Waals surface area contributed by atoms with Crippen LogP contribution in [0.25, 0.3) is 0 Å². The van der Waals surface area contributed by atoms with E-state index in [0.717, 1.165) is 44.5 Å². The molecule has 10 heteroatoms. The first-order valence-electron chi connectivity index (χ1n) is 7.10. The van der Waals surface area contributed by atoms with Crippen molar-refractivity contribution in [2.75, 3.05) is 18.4 Å². The third kappa shape index (κ3) is 5.45. The molecule has 0 aliphatic carbocycles. The van der Waals surface area contributed by atoms with Crippen LogP contribution in [0.15, 0.2) is 18.2 Å². The molecule has 0 radical (unpaired) electrons. The SMILES string of the molecule is Cl.N=C(NC(=N)N1CCCCC1)Nc1ccc(Cl)c(C(F)(F)F)c1. The predicted octanol–water partition coefficient (Wildman–Crippen LogP) is 4.14. The average molecular weight is 384 g/mol. The maximum atomic E-state index is 12.8. The van der Waals surface area contributed by atoms with Gasteiger partial charge in [-0.05, 0) is 37.5 Å². The summed E-state index contributed by atoms with van der Waals surface area (Å²) in [7, 11) is 0. The fourth-order valence-electron chi connectivity index (χ4n) is 2.31. The Balaban J connectivity index is 0.00000288. The molecule has 1 heterocycles. The van der Waals surface area contributed by atoms with Crippen molar-refractivity contribution in [2.45, 2.75) is 25.4 Å². The first kappa shape index (κ1) is 20.4. The quantitative estimate of drug-likeness (QED) is 0.434. The lowest BCUT2D eigenvalue weighted by Crippen LogP contribution is -2.47. The summed E-state index contributed by atoms with van der Waals surface area (Å²) in [6, 6.07) is 3.30. The summed E-state index contributed by atoms with van der Waals surface area (Å²) in [5.74, 6) is -0.205. The third-order valence-corrected chi connectivity index (χ3v) is 3.79. The minimum absolute atomic E-state index is 0. The fraction of sp³-hybridized carbons (Fsp3) is 0.429. The highest BCUT2D eigenvalue weighted by Crippen LogP contribution is 2.36. The lowest BCUT2D eigenvalue weighted by atomic mass is 10.1. The number of hydrogen-bond acceptors (Lipinski definition) is 2. The molecular formula is C14H18Cl2F3N5. The Morgan fingerprint density at radius 3 is 2.33 bits per heavy atom. The van der Waals surface area contributed by atoms with Gasteiger partial charge in [0.25, 0.3) is 0 Å². The van der Waals surface area contributed by atoms with Crippen LogP contribution in [-0.4, -0.2) is 29.9 Å². The predicted molar refractivity (Wildman–Crippen MR) is 91.3 cm³/mol. The molecule has 0 aromatic heterocycles. The van der Waals surface area contributed by atoms with E-state index in [1.54, 1.807) is 4.90 Å². The van der Waals surface area contributed by atoms with Crippen molar-refractivity contribution in [2.24, 2.45) is 0 Å². The second kappa shape index (κ2) is 8.43. The zero-order valence-corrected chi connectivity index (χ0v) is 14.2. The standard InChI is InChI=1S/C14H17ClF3N5.ClH/c15-11-5-4-9(8-10(11)14(16,17)18)21-12(19)22-13(20)23-6-2-1-3-7-23;/h4-5,8H,1-3,6-7H2,(H4,19,20,21,22);1H. The van der Waals surface area contributed by atoms with Crippen LogP contribution in [0.5, 0.6) is 0 Å². The number of likely N-dealkylation sites (tertiary alicyclic amines) is 1. The molecule has 0 saturated carbocycles. The Hall–Kier alpha value is -1.67. The third-order valence-electron chi connectivity index (χ3n) is 3.46. The van der Waals surface area contributed by atoms with Gasteiger partial charge in [0.1, 0.15) is 0 Å². The van der Waals surface area contributed by atoms with Gasteiger partial charge in [-0.15, -0.1) is 12.4 Å². The molecule has 1 aliphatic heterocycles. The van der Waals surface area contributed by atoms with Crippen molar-refractivity contribution in [1.29, 1.82) is 10.8 Å². The number of nitrogens with zero attached hydrogens (tertiary/aromatic N) is 1. The smallest absolute Gasteiger partial charge is 0.343 e. The maximum Gasteiger partial charge on any atom is 0.417 e. The van der Waals surface area contributed by atoms with Crippen molar-refractivity contribution in [3.63, 3.8) is 0 Å². The van der Waals surface area contributed by atoms with Crippen molar-refractivity contribution >= 4 is 41.6 Å². The van der Waals surface area contributed by atoms with Gasteiger partial charge in [-0.1, -0.05) is 11.6 Å². The van der Waals surface area contributed by atoms with E-state index in [2.05, 4.69) is 10.6 Å². The summed E-state index contributed by atoms with van der Waals surface area (Å²) in [6.07, 6.45) is -1.48. The Bertz CT molecular complexity index is 601. The number of rotatable bonds is 1. The van der Waals surface area contributed by atoms with Gasteiger partial charge in [0.15, 0.2) is 11.9 Å². The van der Waals surface area contributed by atoms with Crippen molar-refractivity contribution in [3.05, 3.63) is 28.8 Å². The molecule has 4 N–H and O–H groups in total. The van der Waals surface area contributed by atoms with E-state index in [1.165, 1.54) is 6.07 Å². The highest BCUT2D eigenvalue weighted by atomic mass is 35.5. The van der Waals surface area contributed by atoms with Gasteiger partial charge in [-0.3, -0.25) is 16.1 Å². The van der Waals surface area contributed by atoms with E-state index in [-0.39, 0.29) is 30.0 Å². The summed E-state index contributed by atoms with van der Waals surface area (Å²) in [5, 5.41) is 20.3. The molecular weight excluding hydrogens is 366 g/mol. The Morgan fingerprint density at radius 1 is 1.12 bits per heavy atom. The topological polar surface area (TPSA) is 75.0 Å². The highest BCUT2D eigenvalue weighted by Gasteiger charge is 2.33. The van der Waals surface area contributed by atoms with E-state index in [0.29, 0.717) is 0 Å². The van der Waals surface area contributed by atoms with Crippen LogP contribution >= 0.6 is 24.0 Å². The maximum absolute atomic E-state index is 12.8. The fourth-order valence-corrected chi connectivity index (χ4v) is 2.54. The van der Waals surface area contributed by atoms with Gasteiger partial charge in [0, 0.05) is 18.8 Å². The normalized spacial score (nSPS) is 14.6. The number of anilines is 1. The van der Waals surface area contributed by atoms with Crippen LogP contribution in [0.3, 0.4) is 0 Å². The molecule has 24 heavy (non-hydrogen) atoms. The largest absolute Gasteiger partial charge is 0.417 e. The minimum atomic E-state index is -4.56. The summed E-state index contributed by atoms with van der Waals surface area (Å²) in [6.45, 7) is 1.47. The number of alkyl halides is 3. The zero-order valence-electron chi connectivity index (χ0n) is 12.6. The number of guanidine groups is 2. The van der Waals surface area contributed by atoms with Gasteiger partial charge >= 0.3 is 6.18 Å². The second-order valence-corrected chi connectivity index (χ2v) is 5.62. The molecule has 0 amide bonds. The molecule has 1 aliphatic rings. The minimum Gasteiger partial charge on any atom is -0.343 e. The molecule has 1 aromatic rings. The average Bonchev–Trinajstić information content (AvgIpc) is 2.49. The first-order valence-corrected chi connectivity index (χ1v) is 7.48. The van der Waals surface area contributed by atoms with Crippen LogP contribution in [0, 0.1) is 10.8 Å². The molecule has 1 saturated heterocycles. The monoisotopic (exact) mass is 383 g/mol. The number of hydrogen-bond donors (Lipinski definition) is 4. The number of piperidine rings is 1. The molecule has 0 atom stereocenters. The lowest BCUT2D eigenvalue weighted by molar-refractivity contribution is -0.137. The van der Waals surface area contributed by atoms with Crippen molar-refractivity contribution in [1.82, 2.24) is 10.2 Å². The summed E-state index contributed by atoms with van der Waals surface area (Å²) in [4.78, 5) is 1.79. The van der Waals surface area contributed by atoms with E-state index in [9.17, 15) is 13.2 Å². The number of halogens is 5. The van der Waals surface area contributed by atoms with Crippen LogP contribution in [0.1, 0.15) is 24.8 Å². The summed E-state index contributed by atoms with van der Waals surface area (Å²) in [5.41, 5.74) is -0.895. The van der Waals surface area contributed by atoms with E-state index in [4.69, 9.17) is 22.4 Å². The van der Waals surface area contributed by atoms with Crippen LogP contribution in [0.4, 0.5) is 18.9 Å². The van der Waals surface area contributed by atoms with Crippen LogP contribution in [0.2, 0.25) is 5.02 Å². The van der Waals surface area contributed by atoms with Crippen molar-refractivity contribution in [3.8, 4) is 0 Å². The first-order chi connectivity index (χ1) is 10.8. The Kier molecular flexibility index (Phi) is 7.16. The zero-order chi connectivity index (χ0) is 17.0. The van der Waals surface area contributed by atoms with Crippen LogP contribution in [-0.2, 0) is 6.18 Å². The van der Waals surface area contributed by atoms with Gasteiger partial charge < -0.3 is 10.2 Å².